The number of fused-ring (bicyclic) bond motifs is 4. The Kier molecular flexibility index (Phi) is 10.2. The van der Waals surface area contributed by atoms with Crippen molar-refractivity contribution in [1.29, 1.82) is 0 Å². The van der Waals surface area contributed by atoms with Crippen LogP contribution in [0.3, 0.4) is 0 Å². The minimum Gasteiger partial charge on any atom is -0.512 e. The van der Waals surface area contributed by atoms with Gasteiger partial charge in [0.25, 0.3) is 0 Å². The molecule has 7 rings (SSSR count). The Bertz CT molecular complexity index is 1320. The predicted molar refractivity (Wildman–Crippen MR) is 175 cm³/mol. The number of carbonyl (C=O) groups is 2. The molecule has 0 aromatic rings. The minimum atomic E-state index is -2.03. The first-order chi connectivity index (χ1) is 23.5. The molecule has 0 amide bonds. The molecule has 0 aromatic carbocycles. The van der Waals surface area contributed by atoms with E-state index in [4.69, 9.17) is 15.2 Å². The average Bonchev–Trinajstić information content (AvgIpc) is 3.09. The van der Waals surface area contributed by atoms with Gasteiger partial charge in [-0.1, -0.05) is 25.3 Å². The van der Waals surface area contributed by atoms with Crippen molar-refractivity contribution in [3.8, 4) is 0 Å². The van der Waals surface area contributed by atoms with Gasteiger partial charge in [0.15, 0.2) is 12.1 Å². The Morgan fingerprint density at radius 2 is 1.76 bits per heavy atom. The number of hydrogen-bond donors (Lipinski definition) is 8. The van der Waals surface area contributed by atoms with Crippen LogP contribution in [0, 0.1) is 47.3 Å². The zero-order valence-electron chi connectivity index (χ0n) is 28.4. The molecule has 2 aliphatic heterocycles. The number of ether oxygens (including phenoxy) is 2. The highest BCUT2D eigenvalue weighted by Crippen LogP contribution is 2.53. The van der Waals surface area contributed by atoms with Crippen LogP contribution in [0.2, 0.25) is 0 Å². The molecule has 2 heterocycles. The minimum absolute atomic E-state index is 0.0410. The summed E-state index contributed by atoms with van der Waals surface area (Å²) in [6.45, 7) is 0.440. The van der Waals surface area contributed by atoms with Gasteiger partial charge in [-0.2, -0.15) is 0 Å². The van der Waals surface area contributed by atoms with Crippen LogP contribution in [0.1, 0.15) is 83.5 Å². The number of quaternary nitrogens is 1. The first-order valence-corrected chi connectivity index (χ1v) is 18.9. The smallest absolute Gasteiger partial charge is 0.187 e. The summed E-state index contributed by atoms with van der Waals surface area (Å²) in [4.78, 5) is 28.4. The average molecular weight is 690 g/mol. The van der Waals surface area contributed by atoms with Crippen molar-refractivity contribution in [3.05, 3.63) is 23.5 Å². The van der Waals surface area contributed by atoms with Crippen LogP contribution in [0.5, 0.6) is 0 Å². The highest BCUT2D eigenvalue weighted by molar-refractivity contribution is 6.02. The molecule has 12 heteroatoms. The number of rotatable bonds is 8. The third kappa shape index (κ3) is 6.27. The molecule has 0 radical (unpaired) electrons. The Morgan fingerprint density at radius 3 is 2.51 bits per heavy atom. The summed E-state index contributed by atoms with van der Waals surface area (Å²) in [5.41, 5.74) is 3.47. The number of carbonyl (C=O) groups excluding carboxylic acids is 2. The van der Waals surface area contributed by atoms with Gasteiger partial charge in [-0.05, 0) is 93.1 Å². The first-order valence-electron chi connectivity index (χ1n) is 18.9. The van der Waals surface area contributed by atoms with E-state index < -0.39 is 72.0 Å². The molecule has 6 fully saturated rings. The van der Waals surface area contributed by atoms with Gasteiger partial charge in [-0.15, -0.1) is 0 Å². The molecular formula is C37H57N2O10+. The van der Waals surface area contributed by atoms with E-state index in [9.17, 15) is 40.2 Å². The number of piperidine rings is 1. The second-order valence-electron chi connectivity index (χ2n) is 16.6. The van der Waals surface area contributed by atoms with Crippen molar-refractivity contribution < 1.29 is 55.0 Å². The maximum Gasteiger partial charge on any atom is 0.187 e. The summed E-state index contributed by atoms with van der Waals surface area (Å²) in [6, 6.07) is 0. The van der Waals surface area contributed by atoms with E-state index in [2.05, 4.69) is 5.32 Å². The maximum atomic E-state index is 14.3. The van der Waals surface area contributed by atoms with Gasteiger partial charge in [0.1, 0.15) is 41.1 Å². The van der Waals surface area contributed by atoms with E-state index in [-0.39, 0.29) is 48.4 Å². The summed E-state index contributed by atoms with van der Waals surface area (Å²) in [6.07, 6.45) is 7.06. The molecular weight excluding hydrogens is 632 g/mol. The van der Waals surface area contributed by atoms with E-state index in [0.717, 1.165) is 50.6 Å². The van der Waals surface area contributed by atoms with Crippen LogP contribution in [-0.2, 0) is 19.1 Å². The molecule has 0 spiro atoms. The lowest BCUT2D eigenvalue weighted by Crippen LogP contribution is -2.94. The lowest BCUT2D eigenvalue weighted by atomic mass is 9.58. The second kappa shape index (κ2) is 14.0. The molecule has 10 N–H and O–H groups in total. The zero-order chi connectivity index (χ0) is 34.7. The van der Waals surface area contributed by atoms with Gasteiger partial charge in [0.2, 0.25) is 0 Å². The van der Waals surface area contributed by atoms with E-state index in [1.165, 1.54) is 0 Å². The predicted octanol–water partition coefficient (Wildman–Crippen LogP) is 0.341. The highest BCUT2D eigenvalue weighted by atomic mass is 16.7. The van der Waals surface area contributed by atoms with E-state index >= 15 is 0 Å². The number of hydrogen-bond acceptors (Lipinski definition) is 11. The summed E-state index contributed by atoms with van der Waals surface area (Å²) in [5, 5.41) is 68.9. The molecule has 7 aliphatic rings. The largest absolute Gasteiger partial charge is 0.512 e. The first kappa shape index (κ1) is 35.7. The molecule has 15 atom stereocenters. The Labute approximate surface area is 288 Å². The normalized spacial score (nSPS) is 48.7. The molecule has 274 valence electrons. The van der Waals surface area contributed by atoms with Crippen LogP contribution in [0.25, 0.3) is 0 Å². The fourth-order valence-corrected chi connectivity index (χ4v) is 11.1. The van der Waals surface area contributed by atoms with Crippen molar-refractivity contribution in [2.45, 2.75) is 125 Å². The van der Waals surface area contributed by atoms with Crippen LogP contribution in [-0.4, -0.2) is 104 Å². The fourth-order valence-electron chi connectivity index (χ4n) is 11.1. The Balaban J connectivity index is 1.09. The number of ketones is 2. The molecule has 12 nitrogen and oxygen atoms in total. The van der Waals surface area contributed by atoms with Gasteiger partial charge in [0, 0.05) is 18.9 Å². The molecule has 4 saturated carbocycles. The highest BCUT2D eigenvalue weighted by Gasteiger charge is 2.68. The zero-order valence-corrected chi connectivity index (χ0v) is 28.4. The number of allylic oxidation sites excluding steroid dienone is 4. The SMILES string of the molecule is NC1CC(C[C@@H]2CC[C@]3(CO)O[C@H](OC4CCCC5C(=O)[C@@H]6C=C(CC7CCCC(CO)C7)C=C(O)[C@H]6C(=O)C45)[C@H](O)[C@]2(O)[C@@H]3O)CC[NH2+]1. The molecule has 49 heavy (non-hydrogen) atoms. The standard InChI is InChI=1S/C37H56N2O10/c38-28-16-20(8-10-39-28)13-23-7-9-36(18-41)35(46)37(23,47)33(45)34(49-36)48-27-6-2-5-24-30(27)32(44)29-25(31(24)43)14-22(15-26(29)42)12-19-3-1-4-21(11-19)17-40/h14-15,19-21,23-25,27-30,33-35,39-42,45-47H,1-13,16-18,38H2/p+1/t19?,20?,21?,23-,24?,25+,27?,28?,29-,30?,33-,34-,35+,36+,37-/m0/s1. The van der Waals surface area contributed by atoms with E-state index in [0.29, 0.717) is 44.4 Å². The van der Waals surface area contributed by atoms with Gasteiger partial charge in [-0.3, -0.25) is 15.3 Å². The van der Waals surface area contributed by atoms with Crippen LogP contribution in [0.15, 0.2) is 23.5 Å². The molecule has 5 aliphatic carbocycles. The lowest BCUT2D eigenvalue weighted by Gasteiger charge is -2.60. The topological polar surface area (TPSA) is 217 Å². The Hall–Kier alpha value is -1.74. The number of aliphatic hydroxyl groups excluding tert-OH is 5. The van der Waals surface area contributed by atoms with Crippen molar-refractivity contribution in [2.75, 3.05) is 19.8 Å². The molecule has 7 unspecified atom stereocenters. The number of nitrogens with two attached hydrogens (primary N) is 2. The maximum absolute atomic E-state index is 14.3. The van der Waals surface area contributed by atoms with Crippen LogP contribution < -0.4 is 11.1 Å². The third-order valence-electron chi connectivity index (χ3n) is 13.7. The van der Waals surface area contributed by atoms with E-state index in [1.54, 1.807) is 6.08 Å². The molecule has 2 saturated heterocycles. The van der Waals surface area contributed by atoms with Gasteiger partial charge >= 0.3 is 0 Å². The van der Waals surface area contributed by atoms with Crippen molar-refractivity contribution >= 4 is 11.6 Å². The number of aliphatic hydroxyl groups is 6. The van der Waals surface area contributed by atoms with Crippen molar-refractivity contribution in [2.24, 2.45) is 53.1 Å². The summed E-state index contributed by atoms with van der Waals surface area (Å²) >= 11 is 0. The van der Waals surface area contributed by atoms with Crippen molar-refractivity contribution in [3.63, 3.8) is 0 Å². The Morgan fingerprint density at radius 1 is 0.980 bits per heavy atom. The van der Waals surface area contributed by atoms with Crippen LogP contribution >= 0.6 is 0 Å². The summed E-state index contributed by atoms with van der Waals surface area (Å²) < 4.78 is 12.6. The van der Waals surface area contributed by atoms with Crippen molar-refractivity contribution in [1.82, 2.24) is 0 Å². The van der Waals surface area contributed by atoms with Gasteiger partial charge in [-0.25, -0.2) is 0 Å². The quantitative estimate of drug-likeness (QED) is 0.174. The fraction of sp³-hybridized carbons (Fsp3) is 0.838. The van der Waals surface area contributed by atoms with Gasteiger partial charge < -0.3 is 45.4 Å². The summed E-state index contributed by atoms with van der Waals surface area (Å²) in [7, 11) is 0. The molecule has 2 bridgehead atoms. The monoisotopic (exact) mass is 689 g/mol. The second-order valence-corrected chi connectivity index (χ2v) is 16.6. The van der Waals surface area contributed by atoms with Gasteiger partial charge in [0.05, 0.1) is 37.0 Å². The van der Waals surface area contributed by atoms with E-state index in [1.807, 2.05) is 6.08 Å². The molecule has 0 aromatic heterocycles. The van der Waals surface area contributed by atoms with Crippen LogP contribution in [0.4, 0.5) is 0 Å². The number of Topliss-reactive ketones (excluding diaryl/α,β-unsaturated/α-hetero) is 2. The lowest BCUT2D eigenvalue weighted by molar-refractivity contribution is -0.699. The third-order valence-corrected chi connectivity index (χ3v) is 13.7. The summed E-state index contributed by atoms with van der Waals surface area (Å²) in [5.74, 6) is -3.38.